The maximum absolute atomic E-state index is 12.1. The Bertz CT molecular complexity index is 466. The van der Waals surface area contributed by atoms with Crippen LogP contribution in [0.15, 0.2) is 12.2 Å². The zero-order valence-electron chi connectivity index (χ0n) is 23.6. The third-order valence-corrected chi connectivity index (χ3v) is 7.03. The van der Waals surface area contributed by atoms with Gasteiger partial charge in [-0.2, -0.15) is 0 Å². The van der Waals surface area contributed by atoms with Crippen molar-refractivity contribution in [1.29, 1.82) is 0 Å². The van der Waals surface area contributed by atoms with Crippen LogP contribution in [0.4, 0.5) is 0 Å². The molecule has 0 bridgehead atoms. The minimum Gasteiger partial charge on any atom is -0.394 e. The van der Waals surface area contributed by atoms with E-state index in [4.69, 9.17) is 0 Å². The maximum Gasteiger partial charge on any atom is 0.220 e. The van der Waals surface area contributed by atoms with Gasteiger partial charge in [-0.15, -0.1) is 0 Å². The van der Waals surface area contributed by atoms with Crippen molar-refractivity contribution in [2.45, 2.75) is 174 Å². The molecule has 0 unspecified atom stereocenters. The smallest absolute Gasteiger partial charge is 0.220 e. The van der Waals surface area contributed by atoms with Gasteiger partial charge >= 0.3 is 0 Å². The summed E-state index contributed by atoms with van der Waals surface area (Å²) in [6, 6.07) is -0.543. The molecular formula is C31H61NO3. The zero-order valence-corrected chi connectivity index (χ0v) is 23.6. The molecule has 0 saturated carbocycles. The average Bonchev–Trinajstić information content (AvgIpc) is 2.86. The van der Waals surface area contributed by atoms with Gasteiger partial charge in [-0.25, -0.2) is 0 Å². The molecule has 208 valence electrons. The lowest BCUT2D eigenvalue weighted by Gasteiger charge is -2.22. The molecule has 0 rings (SSSR count). The highest BCUT2D eigenvalue weighted by atomic mass is 16.3. The molecule has 0 radical (unpaired) electrons. The van der Waals surface area contributed by atoms with Gasteiger partial charge in [0.2, 0.25) is 5.91 Å². The molecule has 1 amide bonds. The summed E-state index contributed by atoms with van der Waals surface area (Å²) in [4.78, 5) is 12.1. The number of hydrogen-bond acceptors (Lipinski definition) is 3. The summed E-state index contributed by atoms with van der Waals surface area (Å²) < 4.78 is 0. The maximum atomic E-state index is 12.1. The molecule has 0 saturated heterocycles. The Labute approximate surface area is 218 Å². The molecule has 4 nitrogen and oxygen atoms in total. The van der Waals surface area contributed by atoms with Gasteiger partial charge in [0.05, 0.1) is 18.8 Å². The molecule has 35 heavy (non-hydrogen) atoms. The second kappa shape index (κ2) is 27.7. The summed E-state index contributed by atoms with van der Waals surface area (Å²) in [5, 5.41) is 22.8. The van der Waals surface area contributed by atoms with E-state index in [9.17, 15) is 15.0 Å². The monoisotopic (exact) mass is 495 g/mol. The van der Waals surface area contributed by atoms with Crippen molar-refractivity contribution in [1.82, 2.24) is 5.32 Å². The molecular weight excluding hydrogens is 434 g/mol. The van der Waals surface area contributed by atoms with Crippen molar-refractivity contribution in [3.8, 4) is 0 Å². The van der Waals surface area contributed by atoms with Crippen LogP contribution in [0.5, 0.6) is 0 Å². The van der Waals surface area contributed by atoms with Crippen LogP contribution in [-0.4, -0.2) is 34.9 Å². The molecule has 0 spiro atoms. The molecule has 4 heteroatoms. The Balaban J connectivity index is 3.61. The summed E-state index contributed by atoms with van der Waals surface area (Å²) in [6.07, 6.45) is 31.2. The van der Waals surface area contributed by atoms with E-state index in [2.05, 4.69) is 31.3 Å². The van der Waals surface area contributed by atoms with Gasteiger partial charge in [-0.05, 0) is 38.5 Å². The summed E-state index contributed by atoms with van der Waals surface area (Å²) >= 11 is 0. The first kappa shape index (κ1) is 34.1. The third kappa shape index (κ3) is 24.6. The van der Waals surface area contributed by atoms with Crippen molar-refractivity contribution in [3.63, 3.8) is 0 Å². The van der Waals surface area contributed by atoms with E-state index in [1.54, 1.807) is 0 Å². The lowest BCUT2D eigenvalue weighted by molar-refractivity contribution is -0.123. The molecule has 2 atom stereocenters. The van der Waals surface area contributed by atoms with Gasteiger partial charge in [-0.3, -0.25) is 4.79 Å². The highest BCUT2D eigenvalue weighted by molar-refractivity contribution is 5.76. The minimum atomic E-state index is -0.673. The van der Waals surface area contributed by atoms with E-state index in [0.717, 1.165) is 32.1 Å². The van der Waals surface area contributed by atoms with Crippen molar-refractivity contribution in [2.75, 3.05) is 6.61 Å². The predicted molar refractivity (Wildman–Crippen MR) is 152 cm³/mol. The Hall–Kier alpha value is -0.870. The zero-order chi connectivity index (χ0) is 25.8. The van der Waals surface area contributed by atoms with Crippen molar-refractivity contribution in [2.24, 2.45) is 0 Å². The molecule has 0 aromatic carbocycles. The normalized spacial score (nSPS) is 13.4. The van der Waals surface area contributed by atoms with E-state index in [1.165, 1.54) is 103 Å². The fourth-order valence-electron chi connectivity index (χ4n) is 4.59. The van der Waals surface area contributed by atoms with Crippen LogP contribution in [-0.2, 0) is 4.79 Å². The van der Waals surface area contributed by atoms with Gasteiger partial charge in [-0.1, -0.05) is 129 Å². The molecule has 0 fully saturated rings. The molecule has 0 aliphatic carbocycles. The van der Waals surface area contributed by atoms with E-state index in [-0.39, 0.29) is 12.5 Å². The van der Waals surface area contributed by atoms with Crippen LogP contribution in [0.2, 0.25) is 0 Å². The molecule has 0 aliphatic heterocycles. The van der Waals surface area contributed by atoms with Crippen molar-refractivity contribution in [3.05, 3.63) is 12.2 Å². The molecule has 3 N–H and O–H groups in total. The minimum absolute atomic E-state index is 0.0495. The van der Waals surface area contributed by atoms with Crippen molar-refractivity contribution >= 4 is 5.91 Å². The number of rotatable bonds is 27. The van der Waals surface area contributed by atoms with E-state index < -0.39 is 12.1 Å². The molecule has 0 aromatic rings. The first-order chi connectivity index (χ1) is 17.2. The van der Waals surface area contributed by atoms with Crippen LogP contribution in [0.25, 0.3) is 0 Å². The number of carbonyl (C=O) groups excluding carboxylic acids is 1. The third-order valence-electron chi connectivity index (χ3n) is 7.03. The quantitative estimate of drug-likeness (QED) is 0.0791. The lowest BCUT2D eigenvalue weighted by atomic mass is 10.0. The molecule has 0 aliphatic rings. The van der Waals surface area contributed by atoms with Crippen LogP contribution >= 0.6 is 0 Å². The number of nitrogens with one attached hydrogen (secondary N) is 1. The lowest BCUT2D eigenvalue weighted by Crippen LogP contribution is -2.45. The van der Waals surface area contributed by atoms with Crippen LogP contribution in [0.3, 0.4) is 0 Å². The van der Waals surface area contributed by atoms with E-state index in [0.29, 0.717) is 12.8 Å². The van der Waals surface area contributed by atoms with Crippen molar-refractivity contribution < 1.29 is 15.0 Å². The Morgan fingerprint density at radius 2 is 1.09 bits per heavy atom. The first-order valence-electron chi connectivity index (χ1n) is 15.4. The topological polar surface area (TPSA) is 69.6 Å². The Kier molecular flexibility index (Phi) is 27.0. The van der Waals surface area contributed by atoms with E-state index in [1.807, 2.05) is 0 Å². The predicted octanol–water partition coefficient (Wildman–Crippen LogP) is 8.39. The second-order valence-electron chi connectivity index (χ2n) is 10.5. The highest BCUT2D eigenvalue weighted by Gasteiger charge is 2.19. The van der Waals surface area contributed by atoms with Gasteiger partial charge < -0.3 is 15.5 Å². The van der Waals surface area contributed by atoms with Crippen LogP contribution < -0.4 is 5.32 Å². The molecule has 0 aromatic heterocycles. The number of unbranched alkanes of at least 4 members (excludes halogenated alkanes) is 18. The fraction of sp³-hybridized carbons (Fsp3) is 0.903. The number of aliphatic hydroxyl groups is 2. The largest absolute Gasteiger partial charge is 0.394 e. The summed E-state index contributed by atoms with van der Waals surface area (Å²) in [5.41, 5.74) is 0. The summed E-state index contributed by atoms with van der Waals surface area (Å²) in [6.45, 7) is 4.28. The standard InChI is InChI=1S/C31H61NO3/c1-3-5-7-9-11-12-13-14-15-16-17-18-19-21-22-24-26-30(34)29(28-33)32-31(35)27-25-23-20-10-8-6-4-2/h18-19,29-30,33-34H,3-17,20-28H2,1-2H3,(H,32,35)/b19-18+/t29-,30+/m0/s1. The van der Waals surface area contributed by atoms with Gasteiger partial charge in [0.25, 0.3) is 0 Å². The first-order valence-corrected chi connectivity index (χ1v) is 15.4. The fourth-order valence-corrected chi connectivity index (χ4v) is 4.59. The van der Waals surface area contributed by atoms with Crippen LogP contribution in [0.1, 0.15) is 162 Å². The Morgan fingerprint density at radius 3 is 1.57 bits per heavy atom. The van der Waals surface area contributed by atoms with E-state index >= 15 is 0 Å². The van der Waals surface area contributed by atoms with Crippen LogP contribution in [0, 0.1) is 0 Å². The SMILES string of the molecule is CCCCCCCCCCCC/C=C/CCCC[C@@H](O)[C@H](CO)NC(=O)CCCCCCCCC. The van der Waals surface area contributed by atoms with Gasteiger partial charge in [0.15, 0.2) is 0 Å². The number of hydrogen-bond donors (Lipinski definition) is 3. The Morgan fingerprint density at radius 1 is 0.657 bits per heavy atom. The number of carbonyl (C=O) groups is 1. The number of amides is 1. The average molecular weight is 496 g/mol. The summed E-state index contributed by atoms with van der Waals surface area (Å²) in [5.74, 6) is -0.0495. The summed E-state index contributed by atoms with van der Waals surface area (Å²) in [7, 11) is 0. The second-order valence-corrected chi connectivity index (χ2v) is 10.5. The highest BCUT2D eigenvalue weighted by Crippen LogP contribution is 2.13. The molecule has 0 heterocycles. The van der Waals surface area contributed by atoms with Gasteiger partial charge in [0, 0.05) is 6.42 Å². The number of aliphatic hydroxyl groups excluding tert-OH is 2. The van der Waals surface area contributed by atoms with Gasteiger partial charge in [0.1, 0.15) is 0 Å². The number of allylic oxidation sites excluding steroid dienone is 2.